The van der Waals surface area contributed by atoms with Crippen LogP contribution in [0.3, 0.4) is 0 Å². The van der Waals surface area contributed by atoms with Crippen LogP contribution in [0.4, 0.5) is 13.2 Å². The van der Waals surface area contributed by atoms with Gasteiger partial charge in [0.15, 0.2) is 17.5 Å². The van der Waals surface area contributed by atoms with Gasteiger partial charge in [0.2, 0.25) is 0 Å². The molecule has 0 spiro atoms. The maximum absolute atomic E-state index is 13.4. The van der Waals surface area contributed by atoms with E-state index in [0.29, 0.717) is 11.4 Å². The molecule has 0 bridgehead atoms. The van der Waals surface area contributed by atoms with Crippen LogP contribution < -0.4 is 4.74 Å². The Kier molecular flexibility index (Phi) is 5.75. The first-order valence-electron chi connectivity index (χ1n) is 9.72. The van der Waals surface area contributed by atoms with Gasteiger partial charge in [-0.1, -0.05) is 18.2 Å². The Bertz CT molecular complexity index is 1170. The van der Waals surface area contributed by atoms with Crippen molar-refractivity contribution in [2.24, 2.45) is 0 Å². The summed E-state index contributed by atoms with van der Waals surface area (Å²) < 4.78 is 45.6. The molecule has 0 saturated carbocycles. The van der Waals surface area contributed by atoms with Crippen molar-refractivity contribution in [3.05, 3.63) is 94.6 Å². The van der Waals surface area contributed by atoms with Gasteiger partial charge in [-0.15, -0.1) is 0 Å². The van der Waals surface area contributed by atoms with Crippen molar-refractivity contribution in [3.8, 4) is 5.75 Å². The summed E-state index contributed by atoms with van der Waals surface area (Å²) in [4.78, 5) is 15.5. The predicted molar refractivity (Wildman–Crippen MR) is 109 cm³/mol. The van der Waals surface area contributed by atoms with Crippen molar-refractivity contribution in [2.75, 3.05) is 0 Å². The number of carboxylic acids is 1. The molecule has 0 aliphatic heterocycles. The third-order valence-electron chi connectivity index (χ3n) is 5.13. The van der Waals surface area contributed by atoms with Crippen LogP contribution in [0.2, 0.25) is 0 Å². The average molecular weight is 425 g/mol. The quantitative estimate of drug-likeness (QED) is 0.502. The highest BCUT2D eigenvalue weighted by Crippen LogP contribution is 2.40. The van der Waals surface area contributed by atoms with E-state index in [4.69, 9.17) is 4.74 Å². The lowest BCUT2D eigenvalue weighted by molar-refractivity contribution is 0.0690. The summed E-state index contributed by atoms with van der Waals surface area (Å²) in [6.07, 6.45) is 2.51. The van der Waals surface area contributed by atoms with E-state index in [-0.39, 0.29) is 17.9 Å². The molecular weight excluding hydrogens is 407 g/mol. The van der Waals surface area contributed by atoms with E-state index in [0.717, 1.165) is 48.1 Å². The van der Waals surface area contributed by atoms with Crippen LogP contribution in [0.25, 0.3) is 11.1 Å². The second kappa shape index (κ2) is 8.63. The molecule has 2 aromatic carbocycles. The molecule has 158 valence electrons. The fourth-order valence-corrected chi connectivity index (χ4v) is 3.70. The van der Waals surface area contributed by atoms with Crippen molar-refractivity contribution in [1.29, 1.82) is 0 Å². The van der Waals surface area contributed by atoms with E-state index in [2.05, 4.69) is 4.98 Å². The van der Waals surface area contributed by atoms with E-state index in [1.54, 1.807) is 24.3 Å². The molecule has 1 N–H and O–H groups in total. The number of pyridine rings is 1. The molecule has 1 heterocycles. The molecule has 31 heavy (non-hydrogen) atoms. The number of aromatic carboxylic acids is 1. The molecule has 4 nitrogen and oxygen atoms in total. The van der Waals surface area contributed by atoms with Gasteiger partial charge < -0.3 is 9.84 Å². The summed E-state index contributed by atoms with van der Waals surface area (Å²) in [5, 5.41) is 9.21. The monoisotopic (exact) mass is 425 g/mol. The van der Waals surface area contributed by atoms with Crippen molar-refractivity contribution >= 4 is 17.1 Å². The Morgan fingerprint density at radius 3 is 2.42 bits per heavy atom. The first-order valence-corrected chi connectivity index (χ1v) is 9.72. The second-order valence-corrected chi connectivity index (χ2v) is 7.21. The van der Waals surface area contributed by atoms with Crippen LogP contribution in [0.1, 0.15) is 46.6 Å². The van der Waals surface area contributed by atoms with Crippen molar-refractivity contribution in [2.45, 2.75) is 25.9 Å². The van der Waals surface area contributed by atoms with E-state index in [1.807, 2.05) is 12.1 Å². The SMILES string of the molecule is O=C(O)c1cccc(C2=C(c3cccc(OCc4cc(F)c(F)c(F)c4)c3)CCC2)n1. The highest BCUT2D eigenvalue weighted by molar-refractivity contribution is 5.93. The molecule has 0 atom stereocenters. The molecule has 1 aromatic heterocycles. The normalized spacial score (nSPS) is 13.5. The summed E-state index contributed by atoms with van der Waals surface area (Å²) in [7, 11) is 0. The number of nitrogens with zero attached hydrogens (tertiary/aromatic N) is 1. The van der Waals surface area contributed by atoms with Crippen molar-refractivity contribution in [3.63, 3.8) is 0 Å². The van der Waals surface area contributed by atoms with Gasteiger partial charge in [-0.05, 0) is 77.9 Å². The highest BCUT2D eigenvalue weighted by Gasteiger charge is 2.20. The van der Waals surface area contributed by atoms with Crippen LogP contribution in [0, 0.1) is 17.5 Å². The number of hydrogen-bond acceptors (Lipinski definition) is 3. The first kappa shape index (κ1) is 20.7. The molecule has 0 amide bonds. The third kappa shape index (κ3) is 4.45. The van der Waals surface area contributed by atoms with E-state index < -0.39 is 23.4 Å². The number of benzene rings is 2. The second-order valence-electron chi connectivity index (χ2n) is 7.21. The maximum atomic E-state index is 13.4. The Morgan fingerprint density at radius 2 is 1.68 bits per heavy atom. The molecule has 4 rings (SSSR count). The number of rotatable bonds is 6. The highest BCUT2D eigenvalue weighted by atomic mass is 19.2. The summed E-state index contributed by atoms with van der Waals surface area (Å²) in [6, 6.07) is 14.0. The maximum Gasteiger partial charge on any atom is 0.354 e. The largest absolute Gasteiger partial charge is 0.489 e. The summed E-state index contributed by atoms with van der Waals surface area (Å²) in [5.41, 5.74) is 3.76. The van der Waals surface area contributed by atoms with Crippen LogP contribution in [0.15, 0.2) is 54.6 Å². The minimum Gasteiger partial charge on any atom is -0.489 e. The first-order chi connectivity index (χ1) is 14.9. The molecule has 1 aliphatic carbocycles. The molecule has 0 fully saturated rings. The van der Waals surface area contributed by atoms with Gasteiger partial charge in [0.05, 0.1) is 5.69 Å². The summed E-state index contributed by atoms with van der Waals surface area (Å²) in [6.45, 7) is -0.119. The zero-order valence-electron chi connectivity index (χ0n) is 16.4. The fourth-order valence-electron chi connectivity index (χ4n) is 3.70. The number of allylic oxidation sites excluding steroid dienone is 2. The van der Waals surface area contributed by atoms with Gasteiger partial charge in [-0.3, -0.25) is 0 Å². The van der Waals surface area contributed by atoms with Gasteiger partial charge in [0, 0.05) is 0 Å². The standard InChI is InChI=1S/C24H18F3NO3/c25-19-10-14(11-20(26)23(19)27)13-31-16-5-1-4-15(12-16)17-6-2-7-18(17)21-8-3-9-22(28-21)24(29)30/h1,3-5,8-12H,2,6-7,13H2,(H,29,30). The Morgan fingerprint density at radius 1 is 0.968 bits per heavy atom. The third-order valence-corrected chi connectivity index (χ3v) is 5.13. The number of carboxylic acid groups (broad SMARTS) is 1. The lowest BCUT2D eigenvalue weighted by Crippen LogP contribution is -2.02. The smallest absolute Gasteiger partial charge is 0.354 e. The number of aromatic nitrogens is 1. The van der Waals surface area contributed by atoms with Gasteiger partial charge in [-0.25, -0.2) is 22.9 Å². The van der Waals surface area contributed by atoms with E-state index >= 15 is 0 Å². The molecule has 0 unspecified atom stereocenters. The van der Waals surface area contributed by atoms with E-state index in [9.17, 15) is 23.1 Å². The zero-order valence-corrected chi connectivity index (χ0v) is 16.4. The van der Waals surface area contributed by atoms with Gasteiger partial charge >= 0.3 is 5.97 Å². The van der Waals surface area contributed by atoms with Crippen molar-refractivity contribution in [1.82, 2.24) is 4.98 Å². The Hall–Kier alpha value is -3.61. The van der Waals surface area contributed by atoms with Crippen molar-refractivity contribution < 1.29 is 27.8 Å². The molecular formula is C24H18F3NO3. The van der Waals surface area contributed by atoms with Gasteiger partial charge in [0.25, 0.3) is 0 Å². The summed E-state index contributed by atoms with van der Waals surface area (Å²) in [5.74, 6) is -4.61. The zero-order chi connectivity index (χ0) is 22.0. The lowest BCUT2D eigenvalue weighted by Gasteiger charge is -2.11. The predicted octanol–water partition coefficient (Wildman–Crippen LogP) is 5.87. The molecule has 0 radical (unpaired) electrons. The number of ether oxygens (including phenoxy) is 1. The van der Waals surface area contributed by atoms with Crippen LogP contribution in [-0.4, -0.2) is 16.1 Å². The average Bonchev–Trinajstić information content (AvgIpc) is 3.26. The number of halogens is 3. The lowest BCUT2D eigenvalue weighted by atomic mass is 9.99. The Labute approximate surface area is 176 Å². The van der Waals surface area contributed by atoms with Crippen LogP contribution >= 0.6 is 0 Å². The minimum absolute atomic E-state index is 0.00732. The molecule has 1 aliphatic rings. The minimum atomic E-state index is -1.51. The van der Waals surface area contributed by atoms with Crippen LogP contribution in [-0.2, 0) is 6.61 Å². The number of carbonyl (C=O) groups is 1. The van der Waals surface area contributed by atoms with Crippen LogP contribution in [0.5, 0.6) is 5.75 Å². The number of hydrogen-bond donors (Lipinski definition) is 1. The molecule has 7 heteroatoms. The Balaban J connectivity index is 1.59. The topological polar surface area (TPSA) is 59.4 Å². The molecule has 0 saturated heterocycles. The fraction of sp³-hybridized carbons (Fsp3) is 0.167. The molecule has 3 aromatic rings. The summed E-state index contributed by atoms with van der Waals surface area (Å²) >= 11 is 0. The van der Waals surface area contributed by atoms with E-state index in [1.165, 1.54) is 6.07 Å². The van der Waals surface area contributed by atoms with Gasteiger partial charge in [0.1, 0.15) is 18.1 Å². The van der Waals surface area contributed by atoms with Gasteiger partial charge in [-0.2, -0.15) is 0 Å².